The Morgan fingerprint density at radius 3 is 2.62 bits per heavy atom. The van der Waals surface area contributed by atoms with Gasteiger partial charge in [0.1, 0.15) is 11.4 Å². The molecule has 0 N–H and O–H groups in total. The average molecular weight is 390 g/mol. The minimum atomic E-state index is -0.516. The number of ether oxygens (including phenoxy) is 2. The molecule has 1 heterocycles. The second-order valence-electron chi connectivity index (χ2n) is 6.15. The Morgan fingerprint density at radius 1 is 1.21 bits per heavy atom. The van der Waals surface area contributed by atoms with Crippen LogP contribution in [-0.2, 0) is 9.53 Å². The van der Waals surface area contributed by atoms with E-state index in [1.165, 1.54) is 0 Å². The smallest absolute Gasteiger partial charge is 0.344 e. The first-order valence-electron chi connectivity index (χ1n) is 7.57. The molecule has 0 aliphatic heterocycles. The van der Waals surface area contributed by atoms with Gasteiger partial charge >= 0.3 is 5.97 Å². The van der Waals surface area contributed by atoms with Gasteiger partial charge in [0.05, 0.1) is 10.2 Å². The van der Waals surface area contributed by atoms with Crippen LogP contribution in [-0.4, -0.2) is 23.2 Å². The fraction of sp³-hybridized carbons (Fsp3) is 0.263. The third kappa shape index (κ3) is 6.16. The van der Waals surface area contributed by atoms with Crippen LogP contribution in [0.5, 0.6) is 5.75 Å². The molecular weight excluding hydrogens is 370 g/mol. The van der Waals surface area contributed by atoms with E-state index in [1.54, 1.807) is 6.20 Å². The maximum Gasteiger partial charge on any atom is 0.344 e. The molecule has 2 aromatic rings. The van der Waals surface area contributed by atoms with Crippen molar-refractivity contribution in [3.8, 4) is 5.75 Å². The standard InChI is InChI=1S/C19H20BrNO3/c1-19(2,3)24-18(22)13-23-17-10-8-14(12-16(17)20)7-9-15-6-4-5-11-21-15/h4-12H,13H2,1-3H3/b9-7-. The van der Waals surface area contributed by atoms with Crippen LogP contribution in [0.15, 0.2) is 47.1 Å². The van der Waals surface area contributed by atoms with Gasteiger partial charge < -0.3 is 9.47 Å². The predicted octanol–water partition coefficient (Wildman–Crippen LogP) is 4.74. The van der Waals surface area contributed by atoms with Gasteiger partial charge in [0.25, 0.3) is 0 Å². The number of esters is 1. The highest BCUT2D eigenvalue weighted by atomic mass is 79.9. The fourth-order valence-corrected chi connectivity index (χ4v) is 2.41. The summed E-state index contributed by atoms with van der Waals surface area (Å²) in [6.45, 7) is 5.34. The lowest BCUT2D eigenvalue weighted by Crippen LogP contribution is -2.27. The van der Waals surface area contributed by atoms with Gasteiger partial charge in [-0.05, 0) is 72.6 Å². The number of aromatic nitrogens is 1. The topological polar surface area (TPSA) is 48.4 Å². The second kappa shape index (κ2) is 8.11. The molecule has 1 aromatic carbocycles. The number of pyridine rings is 1. The Balaban J connectivity index is 1.97. The van der Waals surface area contributed by atoms with Gasteiger partial charge in [-0.1, -0.05) is 18.2 Å². The highest BCUT2D eigenvalue weighted by molar-refractivity contribution is 9.10. The molecule has 0 bridgehead atoms. The summed E-state index contributed by atoms with van der Waals surface area (Å²) in [5, 5.41) is 0. The Labute approximate surface area is 150 Å². The Morgan fingerprint density at radius 2 is 2.00 bits per heavy atom. The van der Waals surface area contributed by atoms with Crippen LogP contribution in [0.2, 0.25) is 0 Å². The number of hydrogen-bond donors (Lipinski definition) is 0. The zero-order valence-electron chi connectivity index (χ0n) is 14.0. The first kappa shape index (κ1) is 18.2. The van der Waals surface area contributed by atoms with Crippen molar-refractivity contribution in [2.75, 3.05) is 6.61 Å². The van der Waals surface area contributed by atoms with Crippen molar-refractivity contribution in [1.82, 2.24) is 4.98 Å². The first-order chi connectivity index (χ1) is 11.3. The minimum absolute atomic E-state index is 0.126. The van der Waals surface area contributed by atoms with Crippen LogP contribution < -0.4 is 4.74 Å². The number of carbonyl (C=O) groups is 1. The summed E-state index contributed by atoms with van der Waals surface area (Å²) in [7, 11) is 0. The number of nitrogens with zero attached hydrogens (tertiary/aromatic N) is 1. The van der Waals surface area contributed by atoms with Gasteiger partial charge in [-0.3, -0.25) is 4.98 Å². The Kier molecular flexibility index (Phi) is 6.15. The lowest BCUT2D eigenvalue weighted by molar-refractivity contribution is -0.157. The van der Waals surface area contributed by atoms with E-state index in [-0.39, 0.29) is 6.61 Å². The molecule has 0 unspecified atom stereocenters. The molecule has 2 rings (SSSR count). The van der Waals surface area contributed by atoms with Gasteiger partial charge in [0.15, 0.2) is 6.61 Å². The number of hydrogen-bond acceptors (Lipinski definition) is 4. The molecule has 0 aliphatic rings. The molecule has 0 saturated carbocycles. The van der Waals surface area contributed by atoms with Gasteiger partial charge in [-0.15, -0.1) is 0 Å². The van der Waals surface area contributed by atoms with Crippen LogP contribution in [0.4, 0.5) is 0 Å². The van der Waals surface area contributed by atoms with E-state index in [4.69, 9.17) is 9.47 Å². The van der Waals surface area contributed by atoms with Crippen molar-refractivity contribution in [1.29, 1.82) is 0 Å². The van der Waals surface area contributed by atoms with Crippen LogP contribution in [0, 0.1) is 0 Å². The van der Waals surface area contributed by atoms with Crippen molar-refractivity contribution < 1.29 is 14.3 Å². The summed E-state index contributed by atoms with van der Waals surface area (Å²) in [5.74, 6) is 0.198. The maximum atomic E-state index is 11.7. The molecule has 1 aromatic heterocycles. The molecule has 0 saturated heterocycles. The molecule has 0 radical (unpaired) electrons. The molecule has 0 fully saturated rings. The maximum absolute atomic E-state index is 11.7. The third-order valence-electron chi connectivity index (χ3n) is 2.86. The lowest BCUT2D eigenvalue weighted by atomic mass is 10.2. The molecule has 126 valence electrons. The van der Waals surface area contributed by atoms with Crippen molar-refractivity contribution in [3.05, 3.63) is 58.3 Å². The van der Waals surface area contributed by atoms with Crippen LogP contribution >= 0.6 is 15.9 Å². The summed E-state index contributed by atoms with van der Waals surface area (Å²) in [4.78, 5) is 15.9. The van der Waals surface area contributed by atoms with Gasteiger partial charge in [0.2, 0.25) is 0 Å². The Bertz CT molecular complexity index is 721. The van der Waals surface area contributed by atoms with E-state index in [0.29, 0.717) is 5.75 Å². The summed E-state index contributed by atoms with van der Waals surface area (Å²) in [6.07, 6.45) is 5.65. The molecule has 0 amide bonds. The molecule has 0 spiro atoms. The SMILES string of the molecule is CC(C)(C)OC(=O)COc1ccc(/C=C\c2ccccn2)cc1Br. The normalized spacial score (nSPS) is 11.5. The largest absolute Gasteiger partial charge is 0.481 e. The molecule has 4 nitrogen and oxygen atoms in total. The molecule has 24 heavy (non-hydrogen) atoms. The second-order valence-corrected chi connectivity index (χ2v) is 7.01. The van der Waals surface area contributed by atoms with Crippen LogP contribution in [0.3, 0.4) is 0 Å². The number of carbonyl (C=O) groups excluding carboxylic acids is 1. The Hall–Kier alpha value is -2.14. The number of halogens is 1. The van der Waals surface area contributed by atoms with Gasteiger partial charge in [-0.2, -0.15) is 0 Å². The average Bonchev–Trinajstić information content (AvgIpc) is 2.51. The highest BCUT2D eigenvalue weighted by Crippen LogP contribution is 2.27. The first-order valence-corrected chi connectivity index (χ1v) is 8.36. The molecule has 0 aliphatic carbocycles. The lowest BCUT2D eigenvalue weighted by Gasteiger charge is -2.19. The van der Waals surface area contributed by atoms with E-state index >= 15 is 0 Å². The van der Waals surface area contributed by atoms with E-state index in [2.05, 4.69) is 20.9 Å². The quantitative estimate of drug-likeness (QED) is 0.693. The zero-order chi connectivity index (χ0) is 17.6. The highest BCUT2D eigenvalue weighted by Gasteiger charge is 2.16. The molecule has 5 heteroatoms. The summed E-state index contributed by atoms with van der Waals surface area (Å²) in [5.41, 5.74) is 1.37. The zero-order valence-corrected chi connectivity index (χ0v) is 15.5. The van der Waals surface area contributed by atoms with E-state index in [9.17, 15) is 4.79 Å². The fourth-order valence-electron chi connectivity index (χ4n) is 1.90. The van der Waals surface area contributed by atoms with Crippen molar-refractivity contribution in [2.24, 2.45) is 0 Å². The van der Waals surface area contributed by atoms with Crippen LogP contribution in [0.1, 0.15) is 32.0 Å². The van der Waals surface area contributed by atoms with Crippen molar-refractivity contribution in [3.63, 3.8) is 0 Å². The number of rotatable bonds is 5. The monoisotopic (exact) mass is 389 g/mol. The van der Waals surface area contributed by atoms with Crippen LogP contribution in [0.25, 0.3) is 12.2 Å². The summed E-state index contributed by atoms with van der Waals surface area (Å²) >= 11 is 3.46. The van der Waals surface area contributed by atoms with Gasteiger partial charge in [0, 0.05) is 6.20 Å². The van der Waals surface area contributed by atoms with E-state index < -0.39 is 11.6 Å². The minimum Gasteiger partial charge on any atom is -0.481 e. The van der Waals surface area contributed by atoms with E-state index in [0.717, 1.165) is 15.7 Å². The number of benzene rings is 1. The summed E-state index contributed by atoms with van der Waals surface area (Å²) in [6, 6.07) is 11.4. The van der Waals surface area contributed by atoms with E-state index in [1.807, 2.05) is 69.3 Å². The van der Waals surface area contributed by atoms with Crippen molar-refractivity contribution >= 4 is 34.1 Å². The molecule has 0 atom stereocenters. The predicted molar refractivity (Wildman–Crippen MR) is 98.6 cm³/mol. The van der Waals surface area contributed by atoms with Crippen molar-refractivity contribution in [2.45, 2.75) is 26.4 Å². The third-order valence-corrected chi connectivity index (χ3v) is 3.48. The van der Waals surface area contributed by atoms with Gasteiger partial charge in [-0.25, -0.2) is 4.79 Å². The molecular formula is C19H20BrNO3. The summed E-state index contributed by atoms with van der Waals surface area (Å²) < 4.78 is 11.5.